The van der Waals surface area contributed by atoms with Gasteiger partial charge in [0.05, 0.1) is 86.9 Å². The van der Waals surface area contributed by atoms with E-state index < -0.39 is 11.6 Å². The summed E-state index contributed by atoms with van der Waals surface area (Å²) in [4.78, 5) is 25.5. The van der Waals surface area contributed by atoms with Gasteiger partial charge in [-0.15, -0.1) is 0 Å². The minimum atomic E-state index is -0.815. The molecular weight excluding hydrogens is 528 g/mol. The number of Topliss-reactive ketones (excluding diaryl/α,β-unsaturated/α-hetero) is 2. The number of phenolic OH excluding ortho intramolecular Hbond substituents is 1. The van der Waals surface area contributed by atoms with Crippen molar-refractivity contribution in [3.63, 3.8) is 0 Å². The van der Waals surface area contributed by atoms with E-state index in [0.717, 1.165) is 6.07 Å². The smallest absolute Gasteiger partial charge is 0.233 e. The molecule has 0 fully saturated rings. The number of carbonyl (C=O) groups excluding carboxylic acids is 2. The largest absolute Gasteiger partial charge is 0.504 e. The van der Waals surface area contributed by atoms with Crippen LogP contribution in [0.2, 0.25) is 0 Å². The Kier molecular flexibility index (Phi) is 16.3. The highest BCUT2D eigenvalue weighted by Crippen LogP contribution is 2.38. The lowest BCUT2D eigenvalue weighted by molar-refractivity contribution is -0.0147. The highest BCUT2D eigenvalue weighted by atomic mass is 16.6. The quantitative estimate of drug-likeness (QED) is 0.115. The van der Waals surface area contributed by atoms with Gasteiger partial charge in [0.25, 0.3) is 0 Å². The molecule has 12 nitrogen and oxygen atoms in total. The highest BCUT2D eigenvalue weighted by Gasteiger charge is 2.23. The minimum Gasteiger partial charge on any atom is -0.504 e. The zero-order valence-corrected chi connectivity index (χ0v) is 22.9. The van der Waals surface area contributed by atoms with Crippen LogP contribution in [0.1, 0.15) is 20.7 Å². The van der Waals surface area contributed by atoms with Gasteiger partial charge < -0.3 is 48.1 Å². The highest BCUT2D eigenvalue weighted by molar-refractivity contribution is 6.49. The lowest BCUT2D eigenvalue weighted by atomic mass is 10.0. The molecule has 0 aliphatic carbocycles. The lowest BCUT2D eigenvalue weighted by Crippen LogP contribution is -2.16. The van der Waals surface area contributed by atoms with Gasteiger partial charge in [0.1, 0.15) is 12.4 Å². The lowest BCUT2D eigenvalue weighted by Gasteiger charge is -2.14. The van der Waals surface area contributed by atoms with Crippen molar-refractivity contribution < 1.29 is 57.7 Å². The number of aliphatic hydroxyl groups is 1. The Labute approximate surface area is 233 Å². The summed E-state index contributed by atoms with van der Waals surface area (Å²) < 4.78 is 42.6. The third-order valence-electron chi connectivity index (χ3n) is 5.25. The van der Waals surface area contributed by atoms with Gasteiger partial charge >= 0.3 is 0 Å². The second-order valence-electron chi connectivity index (χ2n) is 8.05. The summed E-state index contributed by atoms with van der Waals surface area (Å²) in [5.74, 6) is -1.33. The number of aromatic hydroxyl groups is 1. The van der Waals surface area contributed by atoms with Crippen LogP contribution in [0.4, 0.5) is 0 Å². The number of ketones is 2. The molecule has 12 heteroatoms. The van der Waals surface area contributed by atoms with Crippen LogP contribution in [-0.4, -0.2) is 115 Å². The number of rotatable bonds is 23. The molecule has 2 aromatic rings. The summed E-state index contributed by atoms with van der Waals surface area (Å²) in [6.07, 6.45) is 0. The number of benzene rings is 2. The minimum absolute atomic E-state index is 0.00275. The van der Waals surface area contributed by atoms with E-state index in [1.54, 1.807) is 12.1 Å². The fourth-order valence-corrected chi connectivity index (χ4v) is 3.31. The van der Waals surface area contributed by atoms with E-state index in [0.29, 0.717) is 65.2 Å². The summed E-state index contributed by atoms with van der Waals surface area (Å²) in [6, 6.07) is 8.75. The molecule has 0 saturated heterocycles. The number of phenols is 1. The molecule has 2 N–H and O–H groups in total. The summed E-state index contributed by atoms with van der Waals surface area (Å²) in [5, 5.41) is 18.9. The zero-order chi connectivity index (χ0) is 29.0. The van der Waals surface area contributed by atoms with E-state index in [1.807, 2.05) is 0 Å². The Bertz CT molecular complexity index is 1030. The molecule has 0 saturated carbocycles. The van der Waals surface area contributed by atoms with Crippen molar-refractivity contribution in [1.82, 2.24) is 0 Å². The van der Waals surface area contributed by atoms with Crippen molar-refractivity contribution in [1.29, 1.82) is 0 Å². The second kappa shape index (κ2) is 19.7. The normalized spacial score (nSPS) is 10.9. The summed E-state index contributed by atoms with van der Waals surface area (Å²) >= 11 is 0. The molecule has 0 aliphatic rings. The van der Waals surface area contributed by atoms with Crippen LogP contribution < -0.4 is 14.2 Å². The Morgan fingerprint density at radius 1 is 0.650 bits per heavy atom. The molecule has 0 atom stereocenters. The molecule has 0 spiro atoms. The third-order valence-corrected chi connectivity index (χ3v) is 5.25. The first-order valence-electron chi connectivity index (χ1n) is 12.8. The first-order chi connectivity index (χ1) is 19.5. The van der Waals surface area contributed by atoms with Gasteiger partial charge in [0.15, 0.2) is 11.5 Å². The molecule has 0 bridgehead atoms. The SMILES string of the molecule is COc1cccc(C(=O)C(=O)c2cc(O)c(OC)c(OCCOCCOCCOCCOCCOCCO)c2)c1. The molecule has 0 heterocycles. The average molecular weight is 567 g/mol. The second-order valence-corrected chi connectivity index (χ2v) is 8.05. The van der Waals surface area contributed by atoms with Crippen LogP contribution in [0, 0.1) is 0 Å². The molecule has 40 heavy (non-hydrogen) atoms. The maximum absolute atomic E-state index is 12.8. The Morgan fingerprint density at radius 3 is 1.70 bits per heavy atom. The average Bonchev–Trinajstić information content (AvgIpc) is 2.97. The van der Waals surface area contributed by atoms with Gasteiger partial charge in [-0.05, 0) is 24.3 Å². The van der Waals surface area contributed by atoms with E-state index in [4.69, 9.17) is 43.0 Å². The Balaban J connectivity index is 1.66. The zero-order valence-electron chi connectivity index (χ0n) is 22.9. The predicted octanol–water partition coefficient (Wildman–Crippen LogP) is 1.93. The van der Waals surface area contributed by atoms with E-state index in [1.165, 1.54) is 32.4 Å². The van der Waals surface area contributed by atoms with Gasteiger partial charge in [-0.3, -0.25) is 9.59 Å². The number of hydrogen-bond donors (Lipinski definition) is 2. The number of ether oxygens (including phenoxy) is 8. The third kappa shape index (κ3) is 11.9. The first kappa shape index (κ1) is 32.9. The molecule has 0 aliphatic heterocycles. The first-order valence-corrected chi connectivity index (χ1v) is 12.8. The standard InChI is InChI=1S/C28H38O12/c1-33-23-5-3-4-21(18-23)26(31)27(32)22-19-24(30)28(34-2)25(20-22)40-17-16-39-15-14-38-13-12-37-11-10-36-9-8-35-7-6-29/h3-5,18-20,29-30H,6-17H2,1-2H3. The molecule has 0 unspecified atom stereocenters. The maximum atomic E-state index is 12.8. The number of aliphatic hydroxyl groups excluding tert-OH is 1. The number of methoxy groups -OCH3 is 2. The maximum Gasteiger partial charge on any atom is 0.233 e. The van der Waals surface area contributed by atoms with E-state index in [-0.39, 0.29) is 48.2 Å². The van der Waals surface area contributed by atoms with Crippen molar-refractivity contribution in [2.75, 3.05) is 93.5 Å². The fraction of sp³-hybridized carbons (Fsp3) is 0.500. The fourth-order valence-electron chi connectivity index (χ4n) is 3.31. The van der Waals surface area contributed by atoms with Crippen molar-refractivity contribution >= 4 is 11.6 Å². The summed E-state index contributed by atoms with van der Waals surface area (Å²) in [7, 11) is 2.81. The van der Waals surface area contributed by atoms with Crippen LogP contribution in [0.25, 0.3) is 0 Å². The van der Waals surface area contributed by atoms with Crippen LogP contribution in [0.15, 0.2) is 36.4 Å². The van der Waals surface area contributed by atoms with E-state index in [2.05, 4.69) is 0 Å². The van der Waals surface area contributed by atoms with Crippen molar-refractivity contribution in [2.45, 2.75) is 0 Å². The number of hydrogen-bond acceptors (Lipinski definition) is 12. The molecule has 2 rings (SSSR count). The van der Waals surface area contributed by atoms with E-state index >= 15 is 0 Å². The predicted molar refractivity (Wildman–Crippen MR) is 143 cm³/mol. The molecule has 222 valence electrons. The molecule has 0 amide bonds. The molecular formula is C28H38O12. The van der Waals surface area contributed by atoms with Crippen LogP contribution in [0.5, 0.6) is 23.0 Å². The topological polar surface area (TPSA) is 148 Å². The summed E-state index contributed by atoms with van der Waals surface area (Å²) in [6.45, 7) is 3.91. The van der Waals surface area contributed by atoms with Crippen LogP contribution in [-0.2, 0) is 23.7 Å². The van der Waals surface area contributed by atoms with Gasteiger partial charge in [-0.1, -0.05) is 12.1 Å². The van der Waals surface area contributed by atoms with Crippen molar-refractivity contribution in [3.8, 4) is 23.0 Å². The summed E-state index contributed by atoms with van der Waals surface area (Å²) in [5.41, 5.74) is 0.117. The van der Waals surface area contributed by atoms with Crippen LogP contribution in [0.3, 0.4) is 0 Å². The number of carbonyl (C=O) groups is 2. The molecule has 0 radical (unpaired) electrons. The van der Waals surface area contributed by atoms with Crippen molar-refractivity contribution in [2.24, 2.45) is 0 Å². The van der Waals surface area contributed by atoms with Gasteiger partial charge in [0, 0.05) is 11.1 Å². The van der Waals surface area contributed by atoms with E-state index in [9.17, 15) is 14.7 Å². The van der Waals surface area contributed by atoms with Crippen LogP contribution >= 0.6 is 0 Å². The molecule has 2 aromatic carbocycles. The van der Waals surface area contributed by atoms with Crippen molar-refractivity contribution in [3.05, 3.63) is 47.5 Å². The Morgan fingerprint density at radius 2 is 1.18 bits per heavy atom. The van der Waals surface area contributed by atoms with Gasteiger partial charge in [-0.25, -0.2) is 0 Å². The Hall–Kier alpha value is -3.26. The monoisotopic (exact) mass is 566 g/mol. The molecule has 0 aromatic heterocycles. The van der Waals surface area contributed by atoms with Gasteiger partial charge in [-0.2, -0.15) is 0 Å². The van der Waals surface area contributed by atoms with Gasteiger partial charge in [0.2, 0.25) is 17.3 Å².